The van der Waals surface area contributed by atoms with Crippen molar-refractivity contribution in [1.29, 1.82) is 0 Å². The van der Waals surface area contributed by atoms with E-state index in [9.17, 15) is 22.8 Å². The summed E-state index contributed by atoms with van der Waals surface area (Å²) in [5, 5.41) is 18.9. The Hall–Kier alpha value is -5.09. The van der Waals surface area contributed by atoms with Crippen LogP contribution in [0, 0.1) is 0 Å². The lowest BCUT2D eigenvalue weighted by molar-refractivity contribution is -0.192. The van der Waals surface area contributed by atoms with Gasteiger partial charge in [0, 0.05) is 74.5 Å². The number of nitrogen functional groups attached to an aromatic ring is 1. The van der Waals surface area contributed by atoms with Crippen LogP contribution in [0.2, 0.25) is 0 Å². The second kappa shape index (κ2) is 14.8. The quantitative estimate of drug-likeness (QED) is 0.260. The molecule has 0 bridgehead atoms. The highest BCUT2D eigenvalue weighted by molar-refractivity contribution is 5.94. The maximum absolute atomic E-state index is 12.7. The molecule has 16 heteroatoms. The van der Waals surface area contributed by atoms with Crippen molar-refractivity contribution in [1.82, 2.24) is 34.8 Å². The number of ether oxygens (including phenoxy) is 1. The molecule has 0 radical (unpaired) electrons. The number of methoxy groups -OCH3 is 1. The molecule has 0 atom stereocenters. The van der Waals surface area contributed by atoms with Gasteiger partial charge in [0.2, 0.25) is 0 Å². The molecule has 1 saturated heterocycles. The normalized spacial score (nSPS) is 13.9. The Bertz CT molecular complexity index is 1730. The summed E-state index contributed by atoms with van der Waals surface area (Å²) in [4.78, 5) is 40.5. The molecule has 0 aliphatic carbocycles. The number of halogens is 3. The van der Waals surface area contributed by atoms with Gasteiger partial charge >= 0.3 is 12.1 Å². The Labute approximate surface area is 261 Å². The van der Waals surface area contributed by atoms with Gasteiger partial charge in [-0.1, -0.05) is 6.07 Å². The number of carboxylic acids is 1. The molecule has 4 heterocycles. The fourth-order valence-electron chi connectivity index (χ4n) is 4.82. The van der Waals surface area contributed by atoms with Crippen molar-refractivity contribution < 1.29 is 32.6 Å². The largest absolute Gasteiger partial charge is 0.490 e. The number of nitrogens with one attached hydrogen (secondary N) is 1. The lowest BCUT2D eigenvalue weighted by atomic mass is 10.0. The SMILES string of the molecule is CNC(=O)c1cccc(-n2nc(-c3cc(-c4cnn(C5CCN(CCOC)CC5)c4)cnc3N)ccc2=O)c1.O=C(O)C(F)(F)F. The summed E-state index contributed by atoms with van der Waals surface area (Å²) >= 11 is 0. The molecule has 0 spiro atoms. The van der Waals surface area contributed by atoms with Gasteiger partial charge in [0.1, 0.15) is 5.82 Å². The minimum atomic E-state index is -5.08. The number of nitrogens with two attached hydrogens (primary N) is 1. The number of alkyl halides is 3. The standard InChI is InChI=1S/C28H32N8O3.C2HF3O2/c1-30-28(38)19-4-3-5-23(14-19)36-26(37)7-6-25(33-36)24-15-20(16-31-27(24)29)21-17-32-35(18-21)22-8-10-34(11-9-22)12-13-39-2;3-2(4,5)1(6)7/h3-7,14-18,22H,8-13H2,1-2H3,(H2,29,31)(H,30,38);(H,6,7). The molecule has 4 N–H and O–H groups in total. The van der Waals surface area contributed by atoms with E-state index >= 15 is 0 Å². The summed E-state index contributed by atoms with van der Waals surface area (Å²) in [7, 11) is 3.29. The third-order valence-electron chi connectivity index (χ3n) is 7.29. The predicted octanol–water partition coefficient (Wildman–Crippen LogP) is 3.02. The first-order chi connectivity index (χ1) is 21.9. The maximum atomic E-state index is 12.7. The highest BCUT2D eigenvalue weighted by atomic mass is 19.4. The van der Waals surface area contributed by atoms with E-state index in [1.54, 1.807) is 50.7 Å². The van der Waals surface area contributed by atoms with Crippen molar-refractivity contribution in [3.8, 4) is 28.1 Å². The Morgan fingerprint density at radius 1 is 1.11 bits per heavy atom. The zero-order chi connectivity index (χ0) is 33.4. The van der Waals surface area contributed by atoms with E-state index in [0.29, 0.717) is 34.4 Å². The number of carbonyl (C=O) groups is 2. The fourth-order valence-corrected chi connectivity index (χ4v) is 4.82. The molecule has 1 amide bonds. The third kappa shape index (κ3) is 8.33. The van der Waals surface area contributed by atoms with Gasteiger partial charge in [-0.3, -0.25) is 14.3 Å². The molecule has 4 aromatic rings. The fraction of sp³-hybridized carbons (Fsp3) is 0.333. The molecular formula is C30H33F3N8O5. The predicted molar refractivity (Wildman–Crippen MR) is 162 cm³/mol. The number of likely N-dealkylation sites (tertiary alicyclic amines) is 1. The van der Waals surface area contributed by atoms with E-state index < -0.39 is 12.1 Å². The van der Waals surface area contributed by atoms with Crippen molar-refractivity contribution in [3.63, 3.8) is 0 Å². The van der Waals surface area contributed by atoms with Gasteiger partial charge in [-0.2, -0.15) is 28.1 Å². The molecule has 46 heavy (non-hydrogen) atoms. The molecule has 0 unspecified atom stereocenters. The zero-order valence-electron chi connectivity index (χ0n) is 25.1. The Balaban J connectivity index is 0.000000617. The number of aliphatic carboxylic acids is 1. The highest BCUT2D eigenvalue weighted by Gasteiger charge is 2.38. The molecule has 1 aromatic carbocycles. The smallest absolute Gasteiger partial charge is 0.475 e. The van der Waals surface area contributed by atoms with Crippen LogP contribution in [0.1, 0.15) is 29.2 Å². The van der Waals surface area contributed by atoms with Gasteiger partial charge in [0.25, 0.3) is 11.5 Å². The van der Waals surface area contributed by atoms with Crippen LogP contribution in [-0.2, 0) is 9.53 Å². The average Bonchev–Trinajstić information content (AvgIpc) is 3.54. The average molecular weight is 643 g/mol. The van der Waals surface area contributed by atoms with Gasteiger partial charge in [-0.05, 0) is 43.2 Å². The Morgan fingerprint density at radius 3 is 2.48 bits per heavy atom. The number of amides is 1. The second-order valence-corrected chi connectivity index (χ2v) is 10.3. The minimum Gasteiger partial charge on any atom is -0.475 e. The zero-order valence-corrected chi connectivity index (χ0v) is 25.1. The number of hydrogen-bond donors (Lipinski definition) is 3. The number of aromatic nitrogens is 5. The molecule has 13 nitrogen and oxygen atoms in total. The number of pyridine rings is 1. The second-order valence-electron chi connectivity index (χ2n) is 10.3. The monoisotopic (exact) mass is 642 g/mol. The first kappa shape index (κ1) is 33.8. The number of nitrogens with zero attached hydrogens (tertiary/aromatic N) is 6. The number of piperidine rings is 1. The summed E-state index contributed by atoms with van der Waals surface area (Å²) in [6.45, 7) is 3.74. The first-order valence-electron chi connectivity index (χ1n) is 14.2. The van der Waals surface area contributed by atoms with E-state index in [-0.39, 0.29) is 11.5 Å². The molecule has 5 rings (SSSR count). The van der Waals surface area contributed by atoms with Crippen molar-refractivity contribution >= 4 is 17.7 Å². The van der Waals surface area contributed by atoms with Crippen LogP contribution in [0.5, 0.6) is 0 Å². The van der Waals surface area contributed by atoms with E-state index in [1.165, 1.54) is 10.7 Å². The van der Waals surface area contributed by atoms with Crippen LogP contribution >= 0.6 is 0 Å². The Kier molecular flexibility index (Phi) is 10.9. The number of rotatable bonds is 8. The number of carboxylic acid groups (broad SMARTS) is 1. The van der Waals surface area contributed by atoms with E-state index in [0.717, 1.165) is 50.2 Å². The van der Waals surface area contributed by atoms with E-state index in [2.05, 4.69) is 25.4 Å². The van der Waals surface area contributed by atoms with Crippen LogP contribution < -0.4 is 16.6 Å². The summed E-state index contributed by atoms with van der Waals surface area (Å²) in [6, 6.07) is 12.0. The van der Waals surface area contributed by atoms with Gasteiger partial charge < -0.3 is 25.8 Å². The van der Waals surface area contributed by atoms with Gasteiger partial charge in [-0.15, -0.1) is 0 Å². The van der Waals surface area contributed by atoms with Crippen LogP contribution in [0.3, 0.4) is 0 Å². The van der Waals surface area contributed by atoms with Gasteiger partial charge in [-0.25, -0.2) is 9.78 Å². The van der Waals surface area contributed by atoms with Crippen LogP contribution in [-0.4, -0.2) is 93.0 Å². The topological polar surface area (TPSA) is 170 Å². The van der Waals surface area contributed by atoms with Crippen molar-refractivity contribution in [2.45, 2.75) is 25.1 Å². The van der Waals surface area contributed by atoms with Crippen molar-refractivity contribution in [2.24, 2.45) is 0 Å². The molecule has 1 aliphatic rings. The molecule has 244 valence electrons. The number of anilines is 1. The Morgan fingerprint density at radius 2 is 1.83 bits per heavy atom. The van der Waals surface area contributed by atoms with Crippen LogP contribution in [0.4, 0.5) is 19.0 Å². The van der Waals surface area contributed by atoms with E-state index in [4.69, 9.17) is 20.4 Å². The lowest BCUT2D eigenvalue weighted by Crippen LogP contribution is -2.36. The minimum absolute atomic E-state index is 0.251. The molecular weight excluding hydrogens is 609 g/mol. The van der Waals surface area contributed by atoms with Crippen molar-refractivity contribution in [3.05, 3.63) is 77.0 Å². The molecule has 3 aromatic heterocycles. The molecule has 1 aliphatic heterocycles. The first-order valence-corrected chi connectivity index (χ1v) is 14.2. The van der Waals surface area contributed by atoms with E-state index in [1.807, 2.05) is 23.1 Å². The molecule has 0 saturated carbocycles. The number of hydrogen-bond acceptors (Lipinski definition) is 9. The number of benzene rings is 1. The highest BCUT2D eigenvalue weighted by Crippen LogP contribution is 2.30. The summed E-state index contributed by atoms with van der Waals surface area (Å²) in [5.74, 6) is -2.71. The lowest BCUT2D eigenvalue weighted by Gasteiger charge is -2.31. The maximum Gasteiger partial charge on any atom is 0.490 e. The summed E-state index contributed by atoms with van der Waals surface area (Å²) in [5.41, 5.74) is 9.69. The summed E-state index contributed by atoms with van der Waals surface area (Å²) in [6.07, 6.45) is 2.58. The van der Waals surface area contributed by atoms with Gasteiger partial charge in [0.05, 0.1) is 30.2 Å². The van der Waals surface area contributed by atoms with Crippen LogP contribution in [0.25, 0.3) is 28.1 Å². The van der Waals surface area contributed by atoms with Gasteiger partial charge in [0.15, 0.2) is 0 Å². The van der Waals surface area contributed by atoms with Crippen LogP contribution in [0.15, 0.2) is 65.8 Å². The molecule has 1 fully saturated rings. The third-order valence-corrected chi connectivity index (χ3v) is 7.29. The number of carbonyl (C=O) groups excluding carboxylic acids is 1. The van der Waals surface area contributed by atoms with Crippen molar-refractivity contribution in [2.75, 3.05) is 46.1 Å². The summed E-state index contributed by atoms with van der Waals surface area (Å²) < 4.78 is 40.2.